The van der Waals surface area contributed by atoms with E-state index in [-0.39, 0.29) is 6.42 Å². The van der Waals surface area contributed by atoms with Crippen LogP contribution >= 0.6 is 0 Å². The van der Waals surface area contributed by atoms with E-state index < -0.39 is 5.97 Å². The van der Waals surface area contributed by atoms with Gasteiger partial charge in [-0.25, -0.2) is 4.98 Å². The quantitative estimate of drug-likeness (QED) is 0.650. The van der Waals surface area contributed by atoms with Crippen molar-refractivity contribution in [2.24, 2.45) is 0 Å². The third kappa shape index (κ3) is 5.34. The number of hydrogen-bond donors (Lipinski definition) is 1. The van der Waals surface area contributed by atoms with Crippen LogP contribution in [0.5, 0.6) is 17.4 Å². The second kappa shape index (κ2) is 8.67. The first-order valence-electron chi connectivity index (χ1n) is 8.30. The van der Waals surface area contributed by atoms with E-state index in [9.17, 15) is 4.79 Å². The van der Waals surface area contributed by atoms with Gasteiger partial charge in [0.25, 0.3) is 0 Å². The Bertz CT molecular complexity index is 847. The first kappa shape index (κ1) is 17.5. The fourth-order valence-electron chi connectivity index (χ4n) is 2.40. The van der Waals surface area contributed by atoms with Crippen LogP contribution in [0.15, 0.2) is 72.9 Å². The summed E-state index contributed by atoms with van der Waals surface area (Å²) in [5, 5.41) is 8.72. The van der Waals surface area contributed by atoms with Gasteiger partial charge in [0, 0.05) is 18.7 Å². The van der Waals surface area contributed by atoms with Crippen LogP contribution in [0, 0.1) is 0 Å². The van der Waals surface area contributed by atoms with Gasteiger partial charge < -0.3 is 14.6 Å². The van der Waals surface area contributed by atoms with E-state index in [0.29, 0.717) is 24.7 Å². The number of pyridine rings is 1. The molecule has 0 spiro atoms. The summed E-state index contributed by atoms with van der Waals surface area (Å²) in [4.78, 5) is 14.7. The van der Waals surface area contributed by atoms with Gasteiger partial charge in [0.1, 0.15) is 18.1 Å². The minimum Gasteiger partial charge on any atom is -0.489 e. The smallest absolute Gasteiger partial charge is 0.303 e. The number of carbonyl (C=O) groups is 1. The Kier molecular flexibility index (Phi) is 5.83. The molecular weight excluding hydrogens is 330 g/mol. The highest BCUT2D eigenvalue weighted by Crippen LogP contribution is 2.21. The van der Waals surface area contributed by atoms with Crippen LogP contribution in [0.4, 0.5) is 0 Å². The number of rotatable bonds is 8. The number of aliphatic carboxylic acids is 1. The van der Waals surface area contributed by atoms with Crippen molar-refractivity contribution in [2.75, 3.05) is 0 Å². The van der Waals surface area contributed by atoms with Crippen molar-refractivity contribution in [3.8, 4) is 17.4 Å². The zero-order chi connectivity index (χ0) is 18.2. The van der Waals surface area contributed by atoms with Crippen molar-refractivity contribution in [3.05, 3.63) is 84.1 Å². The first-order chi connectivity index (χ1) is 12.7. The molecule has 0 atom stereocenters. The number of hydrogen-bond acceptors (Lipinski definition) is 4. The normalized spacial score (nSPS) is 10.3. The van der Waals surface area contributed by atoms with Crippen LogP contribution in [0.3, 0.4) is 0 Å². The molecule has 0 saturated carbocycles. The van der Waals surface area contributed by atoms with E-state index >= 15 is 0 Å². The molecule has 5 heteroatoms. The van der Waals surface area contributed by atoms with E-state index in [0.717, 1.165) is 16.9 Å². The van der Waals surface area contributed by atoms with Gasteiger partial charge in [-0.1, -0.05) is 30.3 Å². The lowest BCUT2D eigenvalue weighted by molar-refractivity contribution is -0.136. The summed E-state index contributed by atoms with van der Waals surface area (Å²) in [6, 6.07) is 20.6. The predicted octanol–water partition coefficient (Wildman–Crippen LogP) is 4.47. The minimum absolute atomic E-state index is 0.128. The number of carboxylic acids is 1. The average molecular weight is 349 g/mol. The van der Waals surface area contributed by atoms with Gasteiger partial charge in [-0.3, -0.25) is 4.79 Å². The molecule has 3 rings (SSSR count). The summed E-state index contributed by atoms with van der Waals surface area (Å²) >= 11 is 0. The molecule has 2 aromatic carbocycles. The highest BCUT2D eigenvalue weighted by atomic mass is 16.5. The van der Waals surface area contributed by atoms with Crippen LogP contribution < -0.4 is 9.47 Å². The molecule has 3 aromatic rings. The van der Waals surface area contributed by atoms with Gasteiger partial charge >= 0.3 is 5.97 Å². The van der Waals surface area contributed by atoms with E-state index in [1.165, 1.54) is 0 Å². The Hall–Kier alpha value is -3.34. The molecule has 0 amide bonds. The molecule has 1 aromatic heterocycles. The molecule has 132 valence electrons. The van der Waals surface area contributed by atoms with Crippen molar-refractivity contribution in [2.45, 2.75) is 19.4 Å². The lowest BCUT2D eigenvalue weighted by Crippen LogP contribution is -1.98. The molecule has 5 nitrogen and oxygen atoms in total. The molecule has 0 bridgehead atoms. The van der Waals surface area contributed by atoms with Gasteiger partial charge in [0.05, 0.1) is 0 Å². The second-order valence-corrected chi connectivity index (χ2v) is 5.74. The Labute approximate surface area is 151 Å². The number of aryl methyl sites for hydroxylation is 1. The van der Waals surface area contributed by atoms with Gasteiger partial charge in [0.2, 0.25) is 5.88 Å². The van der Waals surface area contributed by atoms with Crippen molar-refractivity contribution >= 4 is 5.97 Å². The summed E-state index contributed by atoms with van der Waals surface area (Å²) in [6.45, 7) is 0.411. The maximum absolute atomic E-state index is 10.6. The van der Waals surface area contributed by atoms with Crippen LogP contribution in [-0.2, 0) is 17.8 Å². The second-order valence-electron chi connectivity index (χ2n) is 5.74. The molecule has 26 heavy (non-hydrogen) atoms. The molecule has 0 aliphatic heterocycles. The Morgan fingerprint density at radius 2 is 1.77 bits per heavy atom. The highest BCUT2D eigenvalue weighted by Gasteiger charge is 2.03. The van der Waals surface area contributed by atoms with E-state index in [1.54, 1.807) is 12.3 Å². The van der Waals surface area contributed by atoms with Crippen LogP contribution in [0.1, 0.15) is 17.5 Å². The molecular formula is C21H19NO4. The lowest BCUT2D eigenvalue weighted by atomic mass is 10.1. The summed E-state index contributed by atoms with van der Waals surface area (Å²) in [6.07, 6.45) is 2.33. The lowest BCUT2D eigenvalue weighted by Gasteiger charge is -2.09. The number of nitrogens with zero attached hydrogens (tertiary/aromatic N) is 1. The number of carboxylic acid groups (broad SMARTS) is 1. The van der Waals surface area contributed by atoms with Gasteiger partial charge in [0.15, 0.2) is 0 Å². The number of benzene rings is 2. The van der Waals surface area contributed by atoms with Crippen molar-refractivity contribution < 1.29 is 19.4 Å². The number of ether oxygens (including phenoxy) is 2. The van der Waals surface area contributed by atoms with Crippen LogP contribution in [-0.4, -0.2) is 16.1 Å². The first-order valence-corrected chi connectivity index (χ1v) is 8.30. The fraction of sp³-hybridized carbons (Fsp3) is 0.143. The van der Waals surface area contributed by atoms with E-state index in [2.05, 4.69) is 4.98 Å². The molecule has 0 radical (unpaired) electrons. The van der Waals surface area contributed by atoms with Crippen molar-refractivity contribution in [3.63, 3.8) is 0 Å². The zero-order valence-electron chi connectivity index (χ0n) is 14.2. The summed E-state index contributed by atoms with van der Waals surface area (Å²) in [5.74, 6) is 1.19. The van der Waals surface area contributed by atoms with Gasteiger partial charge in [-0.05, 0) is 47.9 Å². The highest BCUT2D eigenvalue weighted by molar-refractivity contribution is 5.67. The maximum Gasteiger partial charge on any atom is 0.303 e. The molecule has 0 unspecified atom stereocenters. The molecule has 0 fully saturated rings. The molecule has 1 N–H and O–H groups in total. The standard InChI is InChI=1S/C21H19NO4/c23-21(24)12-9-16-7-10-18(11-8-16)25-15-17-4-3-5-19(14-17)26-20-6-1-2-13-22-20/h1-8,10-11,13-14H,9,12,15H2,(H,23,24). The van der Waals surface area contributed by atoms with Crippen LogP contribution in [0.2, 0.25) is 0 Å². The third-order valence-corrected chi connectivity index (χ3v) is 3.72. The predicted molar refractivity (Wildman–Crippen MR) is 97.5 cm³/mol. The third-order valence-electron chi connectivity index (χ3n) is 3.72. The summed E-state index contributed by atoms with van der Waals surface area (Å²) < 4.78 is 11.5. The topological polar surface area (TPSA) is 68.7 Å². The molecule has 1 heterocycles. The van der Waals surface area contributed by atoms with Crippen LogP contribution in [0.25, 0.3) is 0 Å². The summed E-state index contributed by atoms with van der Waals surface area (Å²) in [7, 11) is 0. The Morgan fingerprint density at radius 3 is 2.50 bits per heavy atom. The monoisotopic (exact) mass is 349 g/mol. The zero-order valence-corrected chi connectivity index (χ0v) is 14.2. The number of aromatic nitrogens is 1. The van der Waals surface area contributed by atoms with Crippen molar-refractivity contribution in [1.82, 2.24) is 4.98 Å². The molecule has 0 aliphatic carbocycles. The molecule has 0 saturated heterocycles. The largest absolute Gasteiger partial charge is 0.489 e. The summed E-state index contributed by atoms with van der Waals surface area (Å²) in [5.41, 5.74) is 1.96. The Morgan fingerprint density at radius 1 is 0.923 bits per heavy atom. The molecule has 0 aliphatic rings. The van der Waals surface area contributed by atoms with Gasteiger partial charge in [-0.15, -0.1) is 0 Å². The van der Waals surface area contributed by atoms with Crippen molar-refractivity contribution in [1.29, 1.82) is 0 Å². The fourth-order valence-corrected chi connectivity index (χ4v) is 2.40. The Balaban J connectivity index is 1.56. The van der Waals surface area contributed by atoms with E-state index in [1.807, 2.05) is 60.7 Å². The average Bonchev–Trinajstić information content (AvgIpc) is 2.67. The van der Waals surface area contributed by atoms with Gasteiger partial charge in [-0.2, -0.15) is 0 Å². The SMILES string of the molecule is O=C(O)CCc1ccc(OCc2cccc(Oc3ccccn3)c2)cc1. The minimum atomic E-state index is -0.793. The van der Waals surface area contributed by atoms with E-state index in [4.69, 9.17) is 14.6 Å². The maximum atomic E-state index is 10.6.